The topological polar surface area (TPSA) is 43.1 Å². The van der Waals surface area contributed by atoms with Gasteiger partial charge in [0.05, 0.1) is 0 Å². The number of carbonyl (C=O) groups excluding carboxylic acids is 1. The average molecular weight is 300 g/mol. The first-order chi connectivity index (χ1) is 8.06. The number of hydrogen-bond donors (Lipinski definition) is 1. The molecule has 4 heteroatoms. The summed E-state index contributed by atoms with van der Waals surface area (Å²) in [5.41, 5.74) is 6.64. The normalized spacial score (nSPS) is 23.9. The molecule has 0 aromatic heterocycles. The van der Waals surface area contributed by atoms with Crippen LogP contribution in [-0.4, -0.2) is 11.8 Å². The molecule has 1 aliphatic carbocycles. The summed E-state index contributed by atoms with van der Waals surface area (Å²) in [5.74, 6) is 0.00294. The Kier molecular flexibility index (Phi) is 3.94. The van der Waals surface area contributed by atoms with Crippen molar-refractivity contribution in [3.05, 3.63) is 34.1 Å². The fourth-order valence-electron chi connectivity index (χ4n) is 2.31. The highest BCUT2D eigenvalue weighted by Gasteiger charge is 2.27. The minimum absolute atomic E-state index is 0.0851. The summed E-state index contributed by atoms with van der Waals surface area (Å²) in [6.07, 6.45) is 2.97. The van der Waals surface area contributed by atoms with Gasteiger partial charge in [0.1, 0.15) is 11.6 Å². The van der Waals surface area contributed by atoms with Crippen LogP contribution in [0.4, 0.5) is 4.39 Å². The van der Waals surface area contributed by atoms with E-state index in [1.54, 1.807) is 6.07 Å². The molecule has 1 fully saturated rings. The molecule has 1 saturated carbocycles. The van der Waals surface area contributed by atoms with Gasteiger partial charge in [0.15, 0.2) is 0 Å². The van der Waals surface area contributed by atoms with Crippen molar-refractivity contribution in [2.45, 2.75) is 31.7 Å². The molecular formula is C13H15BrFNO. The molecule has 0 bridgehead atoms. The number of Topliss-reactive ketones (excluding diaryl/α,β-unsaturated/α-hetero) is 1. The predicted octanol–water partition coefficient (Wildman–Crippen LogP) is 2.83. The van der Waals surface area contributed by atoms with Crippen LogP contribution in [0.1, 0.15) is 24.8 Å². The minimum Gasteiger partial charge on any atom is -0.328 e. The maximum atomic E-state index is 12.9. The third-order valence-electron chi connectivity index (χ3n) is 3.31. The van der Waals surface area contributed by atoms with Crippen LogP contribution in [0.3, 0.4) is 0 Å². The molecular weight excluding hydrogens is 285 g/mol. The zero-order valence-corrected chi connectivity index (χ0v) is 11.0. The molecule has 0 heterocycles. The molecule has 2 atom stereocenters. The lowest BCUT2D eigenvalue weighted by Gasteiger charge is -2.09. The zero-order valence-electron chi connectivity index (χ0n) is 9.46. The van der Waals surface area contributed by atoms with E-state index in [4.69, 9.17) is 5.73 Å². The molecule has 2 rings (SSSR count). The van der Waals surface area contributed by atoms with Gasteiger partial charge in [0.25, 0.3) is 0 Å². The first kappa shape index (κ1) is 12.7. The van der Waals surface area contributed by atoms with Gasteiger partial charge in [0, 0.05) is 22.9 Å². The fourth-order valence-corrected chi connectivity index (χ4v) is 2.80. The fraction of sp³-hybridized carbons (Fsp3) is 0.462. The summed E-state index contributed by atoms with van der Waals surface area (Å²) in [7, 11) is 0. The molecule has 0 radical (unpaired) electrons. The maximum absolute atomic E-state index is 12.9. The van der Waals surface area contributed by atoms with Gasteiger partial charge >= 0.3 is 0 Å². The van der Waals surface area contributed by atoms with Crippen LogP contribution in [0, 0.1) is 11.7 Å². The van der Waals surface area contributed by atoms with Gasteiger partial charge in [-0.25, -0.2) is 4.39 Å². The molecule has 1 aliphatic rings. The Bertz CT molecular complexity index is 435. The number of halogens is 2. The van der Waals surface area contributed by atoms with Crippen LogP contribution in [0.5, 0.6) is 0 Å². The predicted molar refractivity (Wildman–Crippen MR) is 68.1 cm³/mol. The first-order valence-electron chi connectivity index (χ1n) is 5.78. The Morgan fingerprint density at radius 3 is 2.82 bits per heavy atom. The zero-order chi connectivity index (χ0) is 12.4. The van der Waals surface area contributed by atoms with Gasteiger partial charge in [-0.15, -0.1) is 0 Å². The van der Waals surface area contributed by atoms with E-state index in [0.29, 0.717) is 10.9 Å². The van der Waals surface area contributed by atoms with E-state index < -0.39 is 0 Å². The average Bonchev–Trinajstić information content (AvgIpc) is 2.69. The number of rotatable bonds is 3. The summed E-state index contributed by atoms with van der Waals surface area (Å²) in [5, 5.41) is 0. The Labute approximate surface area is 109 Å². The summed E-state index contributed by atoms with van der Waals surface area (Å²) in [6.45, 7) is 0. The van der Waals surface area contributed by atoms with Crippen LogP contribution < -0.4 is 5.73 Å². The standard InChI is InChI=1S/C13H15BrFNO/c14-12-7-10(15)3-1-8(12)6-13(17)9-2-4-11(16)5-9/h1,3,7,9,11H,2,4-6,16H2. The van der Waals surface area contributed by atoms with Crippen molar-refractivity contribution >= 4 is 21.7 Å². The van der Waals surface area contributed by atoms with Crippen molar-refractivity contribution in [2.24, 2.45) is 11.7 Å². The number of nitrogens with two attached hydrogens (primary N) is 1. The van der Waals surface area contributed by atoms with Crippen molar-refractivity contribution < 1.29 is 9.18 Å². The highest BCUT2D eigenvalue weighted by atomic mass is 79.9. The van der Waals surface area contributed by atoms with Gasteiger partial charge in [-0.3, -0.25) is 4.79 Å². The van der Waals surface area contributed by atoms with Gasteiger partial charge < -0.3 is 5.73 Å². The molecule has 17 heavy (non-hydrogen) atoms. The molecule has 0 saturated heterocycles. The minimum atomic E-state index is -0.295. The van der Waals surface area contributed by atoms with Crippen LogP contribution in [0.15, 0.2) is 22.7 Å². The molecule has 0 spiro atoms. The second kappa shape index (κ2) is 5.27. The summed E-state index contributed by atoms with van der Waals surface area (Å²) < 4.78 is 13.6. The second-order valence-corrected chi connectivity index (χ2v) is 5.50. The number of hydrogen-bond acceptors (Lipinski definition) is 2. The lowest BCUT2D eigenvalue weighted by atomic mass is 9.96. The Morgan fingerprint density at radius 2 is 2.24 bits per heavy atom. The summed E-state index contributed by atoms with van der Waals surface area (Å²) in [4.78, 5) is 12.0. The molecule has 2 nitrogen and oxygen atoms in total. The molecule has 1 aromatic carbocycles. The Hall–Kier alpha value is -0.740. The van der Waals surface area contributed by atoms with Crippen molar-refractivity contribution in [3.8, 4) is 0 Å². The Balaban J connectivity index is 2.03. The van der Waals surface area contributed by atoms with Gasteiger partial charge in [-0.05, 0) is 37.0 Å². The number of benzene rings is 1. The van der Waals surface area contributed by atoms with Crippen molar-refractivity contribution in [3.63, 3.8) is 0 Å². The van der Waals surface area contributed by atoms with E-state index in [1.165, 1.54) is 12.1 Å². The molecule has 0 aliphatic heterocycles. The monoisotopic (exact) mass is 299 g/mol. The van der Waals surface area contributed by atoms with Crippen LogP contribution in [-0.2, 0) is 11.2 Å². The van der Waals surface area contributed by atoms with E-state index >= 15 is 0 Å². The number of carbonyl (C=O) groups is 1. The molecule has 1 aromatic rings. The van der Waals surface area contributed by atoms with Gasteiger partial charge in [-0.1, -0.05) is 22.0 Å². The third-order valence-corrected chi connectivity index (χ3v) is 4.05. The largest absolute Gasteiger partial charge is 0.328 e. The molecule has 0 amide bonds. The lowest BCUT2D eigenvalue weighted by molar-refractivity contribution is -0.122. The van der Waals surface area contributed by atoms with Crippen molar-refractivity contribution in [1.29, 1.82) is 0 Å². The van der Waals surface area contributed by atoms with Gasteiger partial charge in [-0.2, -0.15) is 0 Å². The van der Waals surface area contributed by atoms with Crippen molar-refractivity contribution in [2.75, 3.05) is 0 Å². The van der Waals surface area contributed by atoms with Crippen LogP contribution >= 0.6 is 15.9 Å². The SMILES string of the molecule is NC1CCC(C(=O)Cc2ccc(F)cc2Br)C1. The Morgan fingerprint density at radius 1 is 1.47 bits per heavy atom. The molecule has 2 N–H and O–H groups in total. The van der Waals surface area contributed by atoms with Gasteiger partial charge in [0.2, 0.25) is 0 Å². The number of ketones is 1. The van der Waals surface area contributed by atoms with E-state index in [-0.39, 0.29) is 23.6 Å². The van der Waals surface area contributed by atoms with E-state index in [2.05, 4.69) is 15.9 Å². The van der Waals surface area contributed by atoms with Crippen molar-refractivity contribution in [1.82, 2.24) is 0 Å². The summed E-state index contributed by atoms with van der Waals surface area (Å²) in [6, 6.07) is 4.60. The van der Waals surface area contributed by atoms with E-state index in [9.17, 15) is 9.18 Å². The lowest BCUT2D eigenvalue weighted by Crippen LogP contribution is -2.19. The second-order valence-electron chi connectivity index (χ2n) is 4.65. The molecule has 92 valence electrons. The summed E-state index contributed by atoms with van der Waals surface area (Å²) >= 11 is 3.28. The van der Waals surface area contributed by atoms with E-state index in [0.717, 1.165) is 24.8 Å². The first-order valence-corrected chi connectivity index (χ1v) is 6.58. The quantitative estimate of drug-likeness (QED) is 0.933. The van der Waals surface area contributed by atoms with Crippen LogP contribution in [0.25, 0.3) is 0 Å². The third kappa shape index (κ3) is 3.13. The highest BCUT2D eigenvalue weighted by Crippen LogP contribution is 2.27. The van der Waals surface area contributed by atoms with Crippen LogP contribution in [0.2, 0.25) is 0 Å². The maximum Gasteiger partial charge on any atom is 0.140 e. The molecule has 2 unspecified atom stereocenters. The smallest absolute Gasteiger partial charge is 0.140 e. The highest BCUT2D eigenvalue weighted by molar-refractivity contribution is 9.10. The van der Waals surface area contributed by atoms with E-state index in [1.807, 2.05) is 0 Å².